The van der Waals surface area contributed by atoms with Crippen molar-refractivity contribution in [2.75, 3.05) is 26.4 Å². The molecular formula is C21H30N4O4S. The van der Waals surface area contributed by atoms with Crippen LogP contribution in [0.15, 0.2) is 11.6 Å². The number of aromatic nitrogens is 3. The van der Waals surface area contributed by atoms with Crippen LogP contribution in [0.3, 0.4) is 0 Å². The minimum absolute atomic E-state index is 0.0818. The van der Waals surface area contributed by atoms with Crippen LogP contribution in [-0.2, 0) is 28.9 Å². The monoisotopic (exact) mass is 434 g/mol. The van der Waals surface area contributed by atoms with Crippen molar-refractivity contribution < 1.29 is 19.1 Å². The maximum atomic E-state index is 12.9. The number of nitrogens with zero attached hydrogens (tertiary/aromatic N) is 3. The standard InChI is InChI=1S/C21H30N4O4S/c1-4-25-18-16(7-5-9-28-10-6-8-22-19(18)26)17(24-25)11-21(2,3)14-29-20(27)15-12-23-30-13-15/h12-13H,4-11,14H2,1-3H3,(H,22,26). The van der Waals surface area contributed by atoms with Gasteiger partial charge in [0.2, 0.25) is 0 Å². The predicted molar refractivity (Wildman–Crippen MR) is 114 cm³/mol. The Morgan fingerprint density at radius 2 is 2.17 bits per heavy atom. The van der Waals surface area contributed by atoms with Gasteiger partial charge in [-0.3, -0.25) is 9.48 Å². The van der Waals surface area contributed by atoms with E-state index in [0.29, 0.717) is 44.0 Å². The van der Waals surface area contributed by atoms with Crippen LogP contribution in [0, 0.1) is 5.41 Å². The zero-order valence-corrected chi connectivity index (χ0v) is 18.7. The minimum Gasteiger partial charge on any atom is -0.461 e. The lowest BCUT2D eigenvalue weighted by Gasteiger charge is -2.23. The van der Waals surface area contributed by atoms with Gasteiger partial charge in [-0.1, -0.05) is 13.8 Å². The van der Waals surface area contributed by atoms with Crippen molar-refractivity contribution in [1.29, 1.82) is 0 Å². The second-order valence-electron chi connectivity index (χ2n) is 8.25. The number of nitrogens with one attached hydrogen (secondary N) is 1. The summed E-state index contributed by atoms with van der Waals surface area (Å²) in [5.74, 6) is -0.451. The topological polar surface area (TPSA) is 95.3 Å². The third kappa shape index (κ3) is 5.66. The summed E-state index contributed by atoms with van der Waals surface area (Å²) in [6, 6.07) is 0. The largest absolute Gasteiger partial charge is 0.461 e. The van der Waals surface area contributed by atoms with Crippen molar-refractivity contribution in [2.45, 2.75) is 53.0 Å². The summed E-state index contributed by atoms with van der Waals surface area (Å²) in [4.78, 5) is 25.0. The molecule has 1 aliphatic rings. The van der Waals surface area contributed by atoms with E-state index >= 15 is 0 Å². The summed E-state index contributed by atoms with van der Waals surface area (Å²) in [5.41, 5.74) is 2.64. The van der Waals surface area contributed by atoms with Crippen LogP contribution in [0.25, 0.3) is 0 Å². The van der Waals surface area contributed by atoms with Gasteiger partial charge in [0.1, 0.15) is 5.69 Å². The first-order valence-electron chi connectivity index (χ1n) is 10.4. The molecule has 2 aromatic heterocycles. The Balaban J connectivity index is 1.78. The molecule has 0 aliphatic carbocycles. The maximum absolute atomic E-state index is 12.9. The van der Waals surface area contributed by atoms with Crippen LogP contribution in [-0.4, -0.2) is 52.4 Å². The first-order chi connectivity index (χ1) is 14.4. The Labute approximate surface area is 181 Å². The van der Waals surface area contributed by atoms with Gasteiger partial charge in [0.05, 0.1) is 24.1 Å². The summed E-state index contributed by atoms with van der Waals surface area (Å²) in [6.45, 7) is 8.84. The first kappa shape index (κ1) is 22.4. The second-order valence-corrected chi connectivity index (χ2v) is 8.90. The van der Waals surface area contributed by atoms with E-state index < -0.39 is 0 Å². The molecule has 3 rings (SSSR count). The number of carbonyl (C=O) groups is 2. The highest BCUT2D eigenvalue weighted by Crippen LogP contribution is 2.27. The fourth-order valence-electron chi connectivity index (χ4n) is 3.50. The lowest BCUT2D eigenvalue weighted by molar-refractivity contribution is 0.0339. The Bertz CT molecular complexity index is 861. The Kier molecular flexibility index (Phi) is 7.60. The van der Waals surface area contributed by atoms with Crippen molar-refractivity contribution in [3.05, 3.63) is 34.1 Å². The number of hydrogen-bond donors (Lipinski definition) is 1. The zero-order chi connectivity index (χ0) is 21.6. The Morgan fingerprint density at radius 1 is 1.37 bits per heavy atom. The molecule has 1 N–H and O–H groups in total. The highest BCUT2D eigenvalue weighted by Gasteiger charge is 2.29. The van der Waals surface area contributed by atoms with Crippen LogP contribution in [0.1, 0.15) is 65.7 Å². The minimum atomic E-state index is -0.369. The number of esters is 1. The van der Waals surface area contributed by atoms with Gasteiger partial charge in [-0.2, -0.15) is 5.10 Å². The third-order valence-electron chi connectivity index (χ3n) is 5.02. The maximum Gasteiger partial charge on any atom is 0.340 e. The van der Waals surface area contributed by atoms with E-state index in [4.69, 9.17) is 14.6 Å². The lowest BCUT2D eigenvalue weighted by atomic mass is 9.86. The normalized spacial score (nSPS) is 15.8. The van der Waals surface area contributed by atoms with Gasteiger partial charge in [0.25, 0.3) is 5.91 Å². The molecule has 1 aliphatic heterocycles. The van der Waals surface area contributed by atoms with Crippen LogP contribution >= 0.6 is 11.5 Å². The van der Waals surface area contributed by atoms with Crippen molar-refractivity contribution >= 4 is 23.4 Å². The van der Waals surface area contributed by atoms with E-state index in [1.807, 2.05) is 20.8 Å². The van der Waals surface area contributed by atoms with Crippen molar-refractivity contribution in [2.24, 2.45) is 5.41 Å². The molecule has 0 saturated heterocycles. The molecule has 0 saturated carbocycles. The lowest BCUT2D eigenvalue weighted by Crippen LogP contribution is -2.28. The molecule has 8 nitrogen and oxygen atoms in total. The molecule has 0 radical (unpaired) electrons. The van der Waals surface area contributed by atoms with E-state index in [0.717, 1.165) is 30.5 Å². The van der Waals surface area contributed by atoms with Gasteiger partial charge in [-0.05, 0) is 37.7 Å². The van der Waals surface area contributed by atoms with E-state index in [1.54, 1.807) is 10.1 Å². The quantitative estimate of drug-likeness (QED) is 0.703. The number of carbonyl (C=O) groups excluding carboxylic acids is 2. The van der Waals surface area contributed by atoms with Crippen LogP contribution in [0.4, 0.5) is 0 Å². The average Bonchev–Trinajstić information content (AvgIpc) is 3.35. The molecule has 0 aromatic carbocycles. The molecule has 0 bridgehead atoms. The zero-order valence-electron chi connectivity index (χ0n) is 17.9. The number of aryl methyl sites for hydroxylation is 1. The molecule has 0 fully saturated rings. The highest BCUT2D eigenvalue weighted by atomic mass is 32.1. The number of hydrogen-bond acceptors (Lipinski definition) is 7. The number of fused-ring (bicyclic) bond motifs is 1. The predicted octanol–water partition coefficient (Wildman–Crippen LogP) is 2.87. The first-order valence-corrected chi connectivity index (χ1v) is 11.3. The summed E-state index contributed by atoms with van der Waals surface area (Å²) < 4.78 is 16.9. The van der Waals surface area contributed by atoms with Crippen LogP contribution in [0.5, 0.6) is 0 Å². The smallest absolute Gasteiger partial charge is 0.340 e. The molecule has 30 heavy (non-hydrogen) atoms. The summed E-state index contributed by atoms with van der Waals surface area (Å²) in [6.07, 6.45) is 4.48. The molecule has 1 amide bonds. The van der Waals surface area contributed by atoms with Gasteiger partial charge < -0.3 is 14.8 Å². The third-order valence-corrected chi connectivity index (χ3v) is 5.61. The SMILES string of the molecule is CCn1nc(CC(C)(C)COC(=O)c2cnsc2)c2c1C(=O)NCCCOCCC2. The summed E-state index contributed by atoms with van der Waals surface area (Å²) >= 11 is 1.22. The van der Waals surface area contributed by atoms with Crippen molar-refractivity contribution in [3.8, 4) is 0 Å². The molecule has 0 unspecified atom stereocenters. The number of ether oxygens (including phenoxy) is 2. The second kappa shape index (κ2) is 10.2. The molecule has 0 spiro atoms. The number of rotatable bonds is 6. The molecule has 2 aromatic rings. The van der Waals surface area contributed by atoms with Gasteiger partial charge in [-0.15, -0.1) is 0 Å². The van der Waals surface area contributed by atoms with E-state index in [-0.39, 0.29) is 23.9 Å². The fourth-order valence-corrected chi connectivity index (χ4v) is 4.01. The Hall–Kier alpha value is -2.26. The van der Waals surface area contributed by atoms with Crippen molar-refractivity contribution in [1.82, 2.24) is 19.5 Å². The van der Waals surface area contributed by atoms with E-state index in [2.05, 4.69) is 9.69 Å². The summed E-state index contributed by atoms with van der Waals surface area (Å²) in [7, 11) is 0. The van der Waals surface area contributed by atoms with Gasteiger partial charge in [-0.25, -0.2) is 9.17 Å². The van der Waals surface area contributed by atoms with Crippen molar-refractivity contribution in [3.63, 3.8) is 0 Å². The number of amides is 1. The van der Waals surface area contributed by atoms with Gasteiger partial charge in [0.15, 0.2) is 0 Å². The molecular weight excluding hydrogens is 404 g/mol. The van der Waals surface area contributed by atoms with Gasteiger partial charge in [0, 0.05) is 49.1 Å². The molecule has 3 heterocycles. The van der Waals surface area contributed by atoms with E-state index in [1.165, 1.54) is 17.7 Å². The van der Waals surface area contributed by atoms with E-state index in [9.17, 15) is 9.59 Å². The summed E-state index contributed by atoms with van der Waals surface area (Å²) in [5, 5.41) is 9.42. The van der Waals surface area contributed by atoms with Crippen LogP contribution < -0.4 is 5.32 Å². The molecule has 9 heteroatoms. The molecule has 164 valence electrons. The van der Waals surface area contributed by atoms with Gasteiger partial charge >= 0.3 is 5.97 Å². The highest BCUT2D eigenvalue weighted by molar-refractivity contribution is 7.03. The average molecular weight is 435 g/mol. The Morgan fingerprint density at radius 3 is 2.90 bits per heavy atom. The molecule has 0 atom stereocenters. The van der Waals surface area contributed by atoms with Crippen LogP contribution in [0.2, 0.25) is 0 Å². The fraction of sp³-hybridized carbons (Fsp3) is 0.619.